The molecule has 2 N–H and O–H groups in total. The third kappa shape index (κ3) is 4.40. The van der Waals surface area contributed by atoms with Gasteiger partial charge in [0.1, 0.15) is 5.75 Å². The molecule has 0 aliphatic rings. The molecule has 2 rings (SSSR count). The van der Waals surface area contributed by atoms with E-state index < -0.39 is 0 Å². The van der Waals surface area contributed by atoms with Crippen LogP contribution in [-0.4, -0.2) is 19.6 Å². The van der Waals surface area contributed by atoms with Gasteiger partial charge in [0, 0.05) is 5.02 Å². The highest BCUT2D eigenvalue weighted by Gasteiger charge is 2.10. The molecule has 2 aromatic rings. The summed E-state index contributed by atoms with van der Waals surface area (Å²) >= 11 is 5.86. The van der Waals surface area contributed by atoms with Crippen molar-refractivity contribution in [1.29, 1.82) is 0 Å². The summed E-state index contributed by atoms with van der Waals surface area (Å²) in [5.74, 6) is 0.620. The van der Waals surface area contributed by atoms with Crippen LogP contribution in [0, 0.1) is 0 Å². The van der Waals surface area contributed by atoms with E-state index in [-0.39, 0.29) is 18.5 Å². The lowest BCUT2D eigenvalue weighted by molar-refractivity contribution is -0.120. The normalized spacial score (nSPS) is 11.6. The number of benzene rings is 2. The zero-order valence-corrected chi connectivity index (χ0v) is 13.4. The van der Waals surface area contributed by atoms with Gasteiger partial charge in [0.25, 0.3) is 0 Å². The van der Waals surface area contributed by atoms with Gasteiger partial charge in [-0.15, -0.1) is 0 Å². The highest BCUT2D eigenvalue weighted by molar-refractivity contribution is 6.30. The van der Waals surface area contributed by atoms with E-state index in [9.17, 15) is 4.79 Å². The Bertz CT molecular complexity index is 629. The number of ether oxygens (including phenoxy) is 1. The number of hydrogen-bond acceptors (Lipinski definition) is 3. The van der Waals surface area contributed by atoms with Crippen LogP contribution in [0.25, 0.3) is 0 Å². The summed E-state index contributed by atoms with van der Waals surface area (Å²) in [6.45, 7) is 2.11. The van der Waals surface area contributed by atoms with Crippen LogP contribution in [-0.2, 0) is 4.79 Å². The Labute approximate surface area is 135 Å². The molecular weight excluding hydrogens is 300 g/mol. The molecule has 22 heavy (non-hydrogen) atoms. The highest BCUT2D eigenvalue weighted by atomic mass is 35.5. The second-order valence-electron chi connectivity index (χ2n) is 4.89. The number of amides is 1. The molecule has 0 saturated carbocycles. The SMILES string of the molecule is COc1ccccc1NCC(=O)N[C@@H](C)c1ccc(Cl)cc1. The summed E-state index contributed by atoms with van der Waals surface area (Å²) in [5.41, 5.74) is 1.80. The topological polar surface area (TPSA) is 50.4 Å². The third-order valence-electron chi connectivity index (χ3n) is 3.29. The molecule has 5 heteroatoms. The molecule has 0 aromatic heterocycles. The number of methoxy groups -OCH3 is 1. The van der Waals surface area contributed by atoms with Crippen LogP contribution in [0.4, 0.5) is 5.69 Å². The first-order valence-electron chi connectivity index (χ1n) is 7.02. The molecule has 0 radical (unpaired) electrons. The first-order valence-corrected chi connectivity index (χ1v) is 7.39. The standard InChI is InChI=1S/C17H19ClN2O2/c1-12(13-7-9-14(18)10-8-13)20-17(21)11-19-15-5-3-4-6-16(15)22-2/h3-10,12,19H,11H2,1-2H3,(H,20,21)/t12-/m0/s1. The van der Waals surface area contributed by atoms with Gasteiger partial charge in [0.2, 0.25) is 5.91 Å². The zero-order chi connectivity index (χ0) is 15.9. The maximum atomic E-state index is 12.0. The van der Waals surface area contributed by atoms with Crippen molar-refractivity contribution in [2.75, 3.05) is 19.0 Å². The number of halogens is 1. The lowest BCUT2D eigenvalue weighted by Crippen LogP contribution is -2.32. The van der Waals surface area contributed by atoms with Gasteiger partial charge in [-0.1, -0.05) is 35.9 Å². The first-order chi connectivity index (χ1) is 10.6. The van der Waals surface area contributed by atoms with Crippen molar-refractivity contribution in [3.8, 4) is 5.75 Å². The van der Waals surface area contributed by atoms with Crippen molar-refractivity contribution in [2.45, 2.75) is 13.0 Å². The molecule has 0 unspecified atom stereocenters. The third-order valence-corrected chi connectivity index (χ3v) is 3.55. The van der Waals surface area contributed by atoms with Gasteiger partial charge in [-0.25, -0.2) is 0 Å². The molecule has 0 bridgehead atoms. The minimum atomic E-state index is -0.0895. The summed E-state index contributed by atoms with van der Waals surface area (Å²) in [4.78, 5) is 12.0. The van der Waals surface area contributed by atoms with E-state index in [1.807, 2.05) is 55.5 Å². The number of nitrogens with one attached hydrogen (secondary N) is 2. The van der Waals surface area contributed by atoms with Crippen molar-refractivity contribution in [3.63, 3.8) is 0 Å². The van der Waals surface area contributed by atoms with Crippen molar-refractivity contribution in [1.82, 2.24) is 5.32 Å². The monoisotopic (exact) mass is 318 g/mol. The van der Waals surface area contributed by atoms with Crippen LogP contribution in [0.2, 0.25) is 5.02 Å². The average Bonchev–Trinajstić information content (AvgIpc) is 2.53. The van der Waals surface area contributed by atoms with Gasteiger partial charge >= 0.3 is 0 Å². The molecule has 4 nitrogen and oxygen atoms in total. The molecule has 0 aliphatic heterocycles. The summed E-state index contributed by atoms with van der Waals surface area (Å²) in [6.07, 6.45) is 0. The molecule has 1 atom stereocenters. The van der Waals surface area contributed by atoms with Crippen molar-refractivity contribution in [2.24, 2.45) is 0 Å². The van der Waals surface area contributed by atoms with Crippen LogP contribution in [0.15, 0.2) is 48.5 Å². The largest absolute Gasteiger partial charge is 0.495 e. The minimum absolute atomic E-state index is 0.0794. The first kappa shape index (κ1) is 16.2. The van der Waals surface area contributed by atoms with Crippen LogP contribution in [0.5, 0.6) is 5.75 Å². The molecule has 1 amide bonds. The minimum Gasteiger partial charge on any atom is -0.495 e. The number of anilines is 1. The molecule has 0 spiro atoms. The van der Waals surface area contributed by atoms with Crippen LogP contribution in [0.3, 0.4) is 0 Å². The van der Waals surface area contributed by atoms with Crippen LogP contribution in [0.1, 0.15) is 18.5 Å². The van der Waals surface area contributed by atoms with E-state index in [1.54, 1.807) is 7.11 Å². The zero-order valence-electron chi connectivity index (χ0n) is 12.6. The van der Waals surface area contributed by atoms with Gasteiger partial charge in [0.05, 0.1) is 25.4 Å². The van der Waals surface area contributed by atoms with E-state index in [1.165, 1.54) is 0 Å². The number of carbonyl (C=O) groups is 1. The predicted molar refractivity (Wildman–Crippen MR) is 89.5 cm³/mol. The lowest BCUT2D eigenvalue weighted by Gasteiger charge is -2.16. The fourth-order valence-electron chi connectivity index (χ4n) is 2.09. The van der Waals surface area contributed by atoms with Crippen molar-refractivity contribution >= 4 is 23.2 Å². The smallest absolute Gasteiger partial charge is 0.239 e. The summed E-state index contributed by atoms with van der Waals surface area (Å²) in [7, 11) is 1.60. The molecule has 0 aliphatic carbocycles. The summed E-state index contributed by atoms with van der Waals surface area (Å²) < 4.78 is 5.23. The van der Waals surface area contributed by atoms with Crippen LogP contribution < -0.4 is 15.4 Å². The van der Waals surface area contributed by atoms with Crippen LogP contribution >= 0.6 is 11.6 Å². The lowest BCUT2D eigenvalue weighted by atomic mass is 10.1. The Morgan fingerprint density at radius 3 is 2.55 bits per heavy atom. The molecule has 0 fully saturated rings. The fourth-order valence-corrected chi connectivity index (χ4v) is 2.22. The van der Waals surface area contributed by atoms with Gasteiger partial charge < -0.3 is 15.4 Å². The number of carbonyl (C=O) groups excluding carboxylic acids is 1. The second kappa shape index (κ2) is 7.71. The predicted octanol–water partition coefficient (Wildman–Crippen LogP) is 3.64. The van der Waals surface area contributed by atoms with Crippen molar-refractivity contribution in [3.05, 3.63) is 59.1 Å². The van der Waals surface area contributed by atoms with Crippen molar-refractivity contribution < 1.29 is 9.53 Å². The van der Waals surface area contributed by atoms with E-state index in [0.717, 1.165) is 11.3 Å². The van der Waals surface area contributed by atoms with Gasteiger partial charge in [-0.2, -0.15) is 0 Å². The van der Waals surface area contributed by atoms with E-state index in [2.05, 4.69) is 10.6 Å². The Balaban J connectivity index is 1.88. The van der Waals surface area contributed by atoms with E-state index in [4.69, 9.17) is 16.3 Å². The van der Waals surface area contributed by atoms with E-state index in [0.29, 0.717) is 10.8 Å². The maximum Gasteiger partial charge on any atom is 0.239 e. The van der Waals surface area contributed by atoms with Gasteiger partial charge in [-0.3, -0.25) is 4.79 Å². The molecular formula is C17H19ClN2O2. The Morgan fingerprint density at radius 2 is 1.86 bits per heavy atom. The molecule has 0 heterocycles. The van der Waals surface area contributed by atoms with E-state index >= 15 is 0 Å². The second-order valence-corrected chi connectivity index (χ2v) is 5.33. The highest BCUT2D eigenvalue weighted by Crippen LogP contribution is 2.22. The summed E-state index contributed by atoms with van der Waals surface area (Å²) in [6, 6.07) is 14.8. The van der Waals surface area contributed by atoms with Gasteiger partial charge in [-0.05, 0) is 36.8 Å². The number of para-hydroxylation sites is 2. The average molecular weight is 319 g/mol. The Hall–Kier alpha value is -2.20. The number of hydrogen-bond donors (Lipinski definition) is 2. The number of rotatable bonds is 6. The molecule has 0 saturated heterocycles. The Morgan fingerprint density at radius 1 is 1.18 bits per heavy atom. The summed E-state index contributed by atoms with van der Waals surface area (Å²) in [5, 5.41) is 6.69. The Kier molecular flexibility index (Phi) is 5.67. The quantitative estimate of drug-likeness (QED) is 0.855. The molecule has 2 aromatic carbocycles. The maximum absolute atomic E-state index is 12.0. The molecule has 116 valence electrons. The fraction of sp³-hybridized carbons (Fsp3) is 0.235. The van der Waals surface area contributed by atoms with Gasteiger partial charge in [0.15, 0.2) is 0 Å².